The Morgan fingerprint density at radius 2 is 2.30 bits per heavy atom. The van der Waals surface area contributed by atoms with Gasteiger partial charge in [-0.2, -0.15) is 9.61 Å². The van der Waals surface area contributed by atoms with Gasteiger partial charge in [-0.3, -0.25) is 10.1 Å². The van der Waals surface area contributed by atoms with Crippen molar-refractivity contribution in [3.05, 3.63) is 40.2 Å². The van der Waals surface area contributed by atoms with E-state index in [1.165, 1.54) is 23.5 Å². The number of non-ortho nitro benzene ring substituents is 1. The van der Waals surface area contributed by atoms with Crippen molar-refractivity contribution in [1.29, 1.82) is 0 Å². The lowest BCUT2D eigenvalue weighted by molar-refractivity contribution is -0.384. The van der Waals surface area contributed by atoms with Gasteiger partial charge in [-0.05, 0) is 0 Å². The molecule has 9 heteroatoms. The van der Waals surface area contributed by atoms with Crippen LogP contribution in [0.3, 0.4) is 0 Å². The van der Waals surface area contributed by atoms with Gasteiger partial charge in [-0.1, -0.05) is 23.5 Å². The van der Waals surface area contributed by atoms with E-state index in [1.807, 2.05) is 0 Å². The molecule has 0 bridgehead atoms. The second-order valence-electron chi connectivity index (χ2n) is 3.96. The van der Waals surface area contributed by atoms with Crippen molar-refractivity contribution in [2.75, 3.05) is 7.11 Å². The number of ether oxygens (including phenoxy) is 1. The number of methoxy groups -OCH3 is 1. The number of nitro groups is 1. The minimum absolute atomic E-state index is 0.0329. The smallest absolute Gasteiger partial charge is 0.270 e. The van der Waals surface area contributed by atoms with Crippen molar-refractivity contribution in [2.24, 2.45) is 0 Å². The highest BCUT2D eigenvalue weighted by Crippen LogP contribution is 2.28. The summed E-state index contributed by atoms with van der Waals surface area (Å²) in [5, 5.41) is 23.8. The van der Waals surface area contributed by atoms with Crippen molar-refractivity contribution < 1.29 is 9.66 Å². The minimum atomic E-state index is -0.430. The van der Waals surface area contributed by atoms with Crippen molar-refractivity contribution in [1.82, 2.24) is 19.8 Å². The summed E-state index contributed by atoms with van der Waals surface area (Å²) in [6.45, 7) is 0.305. The summed E-state index contributed by atoms with van der Waals surface area (Å²) in [6, 6.07) is 6.34. The molecule has 0 aliphatic rings. The molecule has 0 unspecified atom stereocenters. The summed E-state index contributed by atoms with van der Waals surface area (Å²) >= 11 is 1.32. The number of aromatic nitrogens is 4. The van der Waals surface area contributed by atoms with Crippen molar-refractivity contribution in [2.45, 2.75) is 6.61 Å². The number of rotatable bonds is 4. The Morgan fingerprint density at radius 1 is 1.45 bits per heavy atom. The van der Waals surface area contributed by atoms with Crippen LogP contribution in [0, 0.1) is 10.1 Å². The molecular formula is C11H9N5O3S. The molecule has 0 saturated heterocycles. The summed E-state index contributed by atoms with van der Waals surface area (Å²) in [6.07, 6.45) is 0. The van der Waals surface area contributed by atoms with Crippen LogP contribution in [0.5, 0.6) is 0 Å². The third-order valence-corrected chi connectivity index (χ3v) is 3.58. The van der Waals surface area contributed by atoms with Gasteiger partial charge in [0.25, 0.3) is 5.69 Å². The van der Waals surface area contributed by atoms with Gasteiger partial charge in [0.2, 0.25) is 4.96 Å². The van der Waals surface area contributed by atoms with Gasteiger partial charge in [0.15, 0.2) is 5.82 Å². The second-order valence-corrected chi connectivity index (χ2v) is 4.91. The molecule has 0 radical (unpaired) electrons. The third kappa shape index (κ3) is 2.12. The Labute approximate surface area is 116 Å². The fourth-order valence-corrected chi connectivity index (χ4v) is 2.60. The fraction of sp³-hybridized carbons (Fsp3) is 0.182. The molecule has 8 nitrogen and oxygen atoms in total. The molecule has 0 saturated carbocycles. The van der Waals surface area contributed by atoms with Gasteiger partial charge >= 0.3 is 0 Å². The molecule has 3 aromatic rings. The van der Waals surface area contributed by atoms with Crippen molar-refractivity contribution in [3.8, 4) is 10.6 Å². The van der Waals surface area contributed by atoms with Gasteiger partial charge in [-0.15, -0.1) is 10.2 Å². The van der Waals surface area contributed by atoms with E-state index in [9.17, 15) is 10.1 Å². The highest BCUT2D eigenvalue weighted by atomic mass is 32.1. The van der Waals surface area contributed by atoms with Crippen LogP contribution in [0.25, 0.3) is 15.5 Å². The molecule has 2 aromatic heterocycles. The lowest BCUT2D eigenvalue weighted by Crippen LogP contribution is -1.97. The average molecular weight is 291 g/mol. The van der Waals surface area contributed by atoms with Gasteiger partial charge in [0, 0.05) is 24.8 Å². The molecule has 0 amide bonds. The van der Waals surface area contributed by atoms with E-state index in [1.54, 1.807) is 23.8 Å². The number of nitrogens with zero attached hydrogens (tertiary/aromatic N) is 5. The minimum Gasteiger partial charge on any atom is -0.377 e. The molecule has 3 rings (SSSR count). The lowest BCUT2D eigenvalue weighted by Gasteiger charge is -1.96. The van der Waals surface area contributed by atoms with E-state index in [0.717, 1.165) is 0 Å². The van der Waals surface area contributed by atoms with Crippen LogP contribution in [-0.4, -0.2) is 31.8 Å². The molecule has 20 heavy (non-hydrogen) atoms. The monoisotopic (exact) mass is 291 g/mol. The average Bonchev–Trinajstić information content (AvgIpc) is 3.01. The summed E-state index contributed by atoms with van der Waals surface area (Å²) in [5.41, 5.74) is 0.712. The standard InChI is InChI=1S/C11H9N5O3S/c1-19-6-9-12-13-11-15(9)14-10(20-11)7-3-2-4-8(5-7)16(17)18/h2-5H,6H2,1H3. The van der Waals surface area contributed by atoms with E-state index >= 15 is 0 Å². The zero-order chi connectivity index (χ0) is 14.1. The Kier molecular flexibility index (Phi) is 3.12. The predicted octanol–water partition coefficient (Wildman–Crippen LogP) is 1.91. The van der Waals surface area contributed by atoms with Gasteiger partial charge in [-0.25, -0.2) is 0 Å². The molecule has 0 spiro atoms. The van der Waals surface area contributed by atoms with Crippen molar-refractivity contribution >= 4 is 22.0 Å². The maximum absolute atomic E-state index is 10.8. The summed E-state index contributed by atoms with van der Waals surface area (Å²) < 4.78 is 6.60. The van der Waals surface area contributed by atoms with E-state index in [-0.39, 0.29) is 5.69 Å². The number of benzene rings is 1. The van der Waals surface area contributed by atoms with Gasteiger partial charge in [0.05, 0.1) is 4.92 Å². The van der Waals surface area contributed by atoms with E-state index < -0.39 is 4.92 Å². The zero-order valence-corrected chi connectivity index (χ0v) is 11.2. The molecule has 102 valence electrons. The number of hydrogen-bond acceptors (Lipinski definition) is 7. The Bertz CT molecular complexity index is 781. The van der Waals surface area contributed by atoms with Crippen LogP contribution >= 0.6 is 11.3 Å². The van der Waals surface area contributed by atoms with Crippen LogP contribution in [0.2, 0.25) is 0 Å². The predicted molar refractivity (Wildman–Crippen MR) is 71.5 cm³/mol. The van der Waals surface area contributed by atoms with Crippen LogP contribution in [0.4, 0.5) is 5.69 Å². The first kappa shape index (κ1) is 12.6. The maximum Gasteiger partial charge on any atom is 0.270 e. The highest BCUT2D eigenvalue weighted by Gasteiger charge is 2.14. The van der Waals surface area contributed by atoms with Gasteiger partial charge < -0.3 is 4.74 Å². The topological polar surface area (TPSA) is 95.5 Å². The summed E-state index contributed by atoms with van der Waals surface area (Å²) in [7, 11) is 1.56. The van der Waals surface area contributed by atoms with Crippen LogP contribution in [-0.2, 0) is 11.3 Å². The third-order valence-electron chi connectivity index (χ3n) is 2.63. The number of hydrogen-bond donors (Lipinski definition) is 0. The molecule has 0 aliphatic carbocycles. The van der Waals surface area contributed by atoms with Crippen molar-refractivity contribution in [3.63, 3.8) is 0 Å². The normalized spacial score (nSPS) is 11.1. The zero-order valence-electron chi connectivity index (χ0n) is 10.4. The molecule has 0 N–H and O–H groups in total. The number of nitro benzene ring substituents is 1. The molecule has 0 atom stereocenters. The Hall–Kier alpha value is -2.39. The summed E-state index contributed by atoms with van der Waals surface area (Å²) in [4.78, 5) is 11.0. The molecule has 2 heterocycles. The molecule has 0 aliphatic heterocycles. The second kappa shape index (κ2) is 4.94. The first-order valence-corrected chi connectivity index (χ1v) is 6.45. The van der Waals surface area contributed by atoms with Crippen LogP contribution < -0.4 is 0 Å². The maximum atomic E-state index is 10.8. The Morgan fingerprint density at radius 3 is 3.05 bits per heavy atom. The van der Waals surface area contributed by atoms with Gasteiger partial charge in [0.1, 0.15) is 11.6 Å². The largest absolute Gasteiger partial charge is 0.377 e. The molecule has 1 aromatic carbocycles. The van der Waals surface area contributed by atoms with E-state index in [4.69, 9.17) is 4.74 Å². The molecule has 0 fully saturated rings. The first-order valence-electron chi connectivity index (χ1n) is 5.64. The highest BCUT2D eigenvalue weighted by molar-refractivity contribution is 7.19. The summed E-state index contributed by atoms with van der Waals surface area (Å²) in [5.74, 6) is 0.593. The lowest BCUT2D eigenvalue weighted by atomic mass is 10.2. The van der Waals surface area contributed by atoms with Crippen LogP contribution in [0.15, 0.2) is 24.3 Å². The fourth-order valence-electron chi connectivity index (χ4n) is 1.75. The SMILES string of the molecule is COCc1nnc2sc(-c3cccc([N+](=O)[O-])c3)nn12. The van der Waals surface area contributed by atoms with Crippen LogP contribution in [0.1, 0.15) is 5.82 Å². The quantitative estimate of drug-likeness (QED) is 0.538. The van der Waals surface area contributed by atoms with E-state index in [2.05, 4.69) is 15.3 Å². The molecular weight excluding hydrogens is 282 g/mol. The number of fused-ring (bicyclic) bond motifs is 1. The first-order chi connectivity index (χ1) is 9.69. The van der Waals surface area contributed by atoms with E-state index in [0.29, 0.717) is 28.0 Å². The Balaban J connectivity index is 2.05.